The Kier molecular flexibility index (Phi) is 4.04. The average molecular weight is 310 g/mol. The molecule has 1 aromatic carbocycles. The molecule has 1 aliphatic heterocycles. The molecule has 2 heterocycles. The number of benzene rings is 1. The van der Waals surface area contributed by atoms with E-state index in [4.69, 9.17) is 0 Å². The summed E-state index contributed by atoms with van der Waals surface area (Å²) in [7, 11) is 0. The molecule has 22 heavy (non-hydrogen) atoms. The van der Waals surface area contributed by atoms with E-state index >= 15 is 0 Å². The minimum Gasteiger partial charge on any atom is -0.378 e. The Bertz CT molecular complexity index is 648. The van der Waals surface area contributed by atoms with Crippen molar-refractivity contribution < 1.29 is 13.2 Å². The highest BCUT2D eigenvalue weighted by atomic mass is 19.4. The first-order valence-corrected chi connectivity index (χ1v) is 7.36. The number of nitrogens with zero attached hydrogens (tertiary/aromatic N) is 3. The largest absolute Gasteiger partial charge is 0.416 e. The highest BCUT2D eigenvalue weighted by molar-refractivity contribution is 5.46. The molecule has 0 saturated heterocycles. The van der Waals surface area contributed by atoms with E-state index in [-0.39, 0.29) is 0 Å². The fourth-order valence-electron chi connectivity index (χ4n) is 2.66. The van der Waals surface area contributed by atoms with Crippen LogP contribution in [0.4, 0.5) is 18.9 Å². The highest BCUT2D eigenvalue weighted by Crippen LogP contribution is 2.30. The van der Waals surface area contributed by atoms with E-state index in [0.29, 0.717) is 12.2 Å². The van der Waals surface area contributed by atoms with Gasteiger partial charge in [0.25, 0.3) is 0 Å². The number of anilines is 1. The summed E-state index contributed by atoms with van der Waals surface area (Å²) < 4.78 is 40.2. The van der Waals surface area contributed by atoms with Crippen LogP contribution in [0.15, 0.2) is 24.3 Å². The van der Waals surface area contributed by atoms with Gasteiger partial charge in [-0.2, -0.15) is 13.2 Å². The molecule has 118 valence electrons. The average Bonchev–Trinajstić information content (AvgIpc) is 2.72. The van der Waals surface area contributed by atoms with Crippen LogP contribution < -0.4 is 5.32 Å². The molecule has 0 radical (unpaired) electrons. The maximum absolute atomic E-state index is 12.7. The third-order valence-corrected chi connectivity index (χ3v) is 3.83. The van der Waals surface area contributed by atoms with Crippen LogP contribution >= 0.6 is 0 Å². The normalized spacial score (nSPS) is 15.2. The van der Waals surface area contributed by atoms with Crippen LogP contribution in [-0.2, 0) is 25.7 Å². The van der Waals surface area contributed by atoms with Crippen molar-refractivity contribution in [3.05, 3.63) is 41.5 Å². The van der Waals surface area contributed by atoms with Crippen LogP contribution in [0.3, 0.4) is 0 Å². The van der Waals surface area contributed by atoms with Crippen molar-refractivity contribution >= 4 is 5.69 Å². The Hall–Kier alpha value is -2.05. The molecule has 0 amide bonds. The smallest absolute Gasteiger partial charge is 0.378 e. The lowest BCUT2D eigenvalue weighted by molar-refractivity contribution is -0.137. The third kappa shape index (κ3) is 3.23. The zero-order valence-electron chi connectivity index (χ0n) is 12.0. The van der Waals surface area contributed by atoms with Gasteiger partial charge in [0, 0.05) is 18.7 Å². The standard InChI is InChI=1S/C15H17F3N4/c16-15(17,18)11-5-4-6-12(9-11)19-10-14-21-20-13-7-2-1-3-8-22(13)14/h4-6,9,19H,1-3,7-8,10H2. The Balaban J connectivity index is 1.72. The fourth-order valence-corrected chi connectivity index (χ4v) is 2.66. The molecule has 2 aromatic rings. The molecular formula is C15H17F3N4. The van der Waals surface area contributed by atoms with Crippen LogP contribution in [0, 0.1) is 0 Å². The van der Waals surface area contributed by atoms with Gasteiger partial charge in [-0.3, -0.25) is 0 Å². The van der Waals surface area contributed by atoms with Crippen molar-refractivity contribution in [1.29, 1.82) is 0 Å². The quantitative estimate of drug-likeness (QED) is 0.941. The lowest BCUT2D eigenvalue weighted by atomic mass is 10.2. The molecule has 0 fully saturated rings. The van der Waals surface area contributed by atoms with Gasteiger partial charge in [0.05, 0.1) is 12.1 Å². The van der Waals surface area contributed by atoms with E-state index in [0.717, 1.165) is 49.6 Å². The number of aromatic nitrogens is 3. The molecular weight excluding hydrogens is 293 g/mol. The topological polar surface area (TPSA) is 42.7 Å². The summed E-state index contributed by atoms with van der Waals surface area (Å²) in [4.78, 5) is 0. The minimum atomic E-state index is -4.33. The Morgan fingerprint density at radius 1 is 1.14 bits per heavy atom. The number of hydrogen-bond acceptors (Lipinski definition) is 3. The molecule has 7 heteroatoms. The van der Waals surface area contributed by atoms with Crippen LogP contribution in [0.2, 0.25) is 0 Å². The molecule has 3 rings (SSSR count). The SMILES string of the molecule is FC(F)(F)c1cccc(NCc2nnc3n2CCCCC3)c1. The number of halogens is 3. The number of alkyl halides is 3. The molecule has 0 bridgehead atoms. The van der Waals surface area contributed by atoms with Crippen LogP contribution in [0.1, 0.15) is 36.5 Å². The second-order valence-electron chi connectivity index (χ2n) is 5.43. The van der Waals surface area contributed by atoms with E-state index in [9.17, 15) is 13.2 Å². The van der Waals surface area contributed by atoms with Gasteiger partial charge in [0.2, 0.25) is 0 Å². The summed E-state index contributed by atoms with van der Waals surface area (Å²) in [5.74, 6) is 1.74. The molecule has 4 nitrogen and oxygen atoms in total. The van der Waals surface area contributed by atoms with Crippen molar-refractivity contribution in [1.82, 2.24) is 14.8 Å². The second-order valence-corrected chi connectivity index (χ2v) is 5.43. The lowest BCUT2D eigenvalue weighted by Gasteiger charge is -2.11. The zero-order valence-corrected chi connectivity index (χ0v) is 12.0. The first-order valence-electron chi connectivity index (χ1n) is 7.36. The van der Waals surface area contributed by atoms with E-state index in [1.807, 2.05) is 0 Å². The maximum Gasteiger partial charge on any atom is 0.416 e. The van der Waals surface area contributed by atoms with Crippen LogP contribution in [0.5, 0.6) is 0 Å². The summed E-state index contributed by atoms with van der Waals surface area (Å²) in [6, 6.07) is 5.19. The highest BCUT2D eigenvalue weighted by Gasteiger charge is 2.30. The predicted molar refractivity (Wildman–Crippen MR) is 76.3 cm³/mol. The fraction of sp³-hybridized carbons (Fsp3) is 0.467. The monoisotopic (exact) mass is 310 g/mol. The van der Waals surface area contributed by atoms with Gasteiger partial charge in [-0.25, -0.2) is 0 Å². The molecule has 1 aromatic heterocycles. The van der Waals surface area contributed by atoms with E-state index < -0.39 is 11.7 Å². The number of aryl methyl sites for hydroxylation is 1. The van der Waals surface area contributed by atoms with E-state index in [2.05, 4.69) is 20.1 Å². The predicted octanol–water partition coefficient (Wildman–Crippen LogP) is 3.64. The summed E-state index contributed by atoms with van der Waals surface area (Å²) >= 11 is 0. The van der Waals surface area contributed by atoms with Crippen molar-refractivity contribution in [2.45, 2.75) is 44.9 Å². The molecule has 1 N–H and O–H groups in total. The number of hydrogen-bond donors (Lipinski definition) is 1. The van der Waals surface area contributed by atoms with Crippen LogP contribution in [-0.4, -0.2) is 14.8 Å². The van der Waals surface area contributed by atoms with Gasteiger partial charge in [-0.15, -0.1) is 10.2 Å². The molecule has 0 aliphatic carbocycles. The summed E-state index contributed by atoms with van der Waals surface area (Å²) in [5.41, 5.74) is -0.224. The third-order valence-electron chi connectivity index (χ3n) is 3.83. The molecule has 0 unspecified atom stereocenters. The van der Waals surface area contributed by atoms with Gasteiger partial charge >= 0.3 is 6.18 Å². The summed E-state index contributed by atoms with van der Waals surface area (Å²) in [6.07, 6.45) is -0.0508. The second kappa shape index (κ2) is 5.98. The van der Waals surface area contributed by atoms with Gasteiger partial charge in [-0.1, -0.05) is 12.5 Å². The molecule has 0 atom stereocenters. The number of fused-ring (bicyclic) bond motifs is 1. The zero-order chi connectivity index (χ0) is 15.6. The Morgan fingerprint density at radius 2 is 2.00 bits per heavy atom. The first-order chi connectivity index (χ1) is 10.5. The maximum atomic E-state index is 12.7. The first kappa shape index (κ1) is 14.9. The van der Waals surface area contributed by atoms with E-state index in [1.165, 1.54) is 12.5 Å². The Morgan fingerprint density at radius 3 is 2.82 bits per heavy atom. The Labute approximate surface area is 126 Å². The lowest BCUT2D eigenvalue weighted by Crippen LogP contribution is -2.11. The van der Waals surface area contributed by atoms with Gasteiger partial charge in [0.1, 0.15) is 5.82 Å². The number of rotatable bonds is 3. The minimum absolute atomic E-state index is 0.369. The van der Waals surface area contributed by atoms with Gasteiger partial charge < -0.3 is 9.88 Å². The molecule has 1 aliphatic rings. The van der Waals surface area contributed by atoms with Gasteiger partial charge in [0.15, 0.2) is 5.82 Å². The van der Waals surface area contributed by atoms with Crippen LogP contribution in [0.25, 0.3) is 0 Å². The number of nitrogens with one attached hydrogen (secondary N) is 1. The van der Waals surface area contributed by atoms with Crippen molar-refractivity contribution in [3.8, 4) is 0 Å². The van der Waals surface area contributed by atoms with Gasteiger partial charge in [-0.05, 0) is 31.0 Å². The molecule has 0 spiro atoms. The van der Waals surface area contributed by atoms with E-state index in [1.54, 1.807) is 6.07 Å². The van der Waals surface area contributed by atoms with Crippen molar-refractivity contribution in [3.63, 3.8) is 0 Å². The molecule has 0 saturated carbocycles. The van der Waals surface area contributed by atoms with Crippen molar-refractivity contribution in [2.75, 3.05) is 5.32 Å². The van der Waals surface area contributed by atoms with Crippen molar-refractivity contribution in [2.24, 2.45) is 0 Å². The summed E-state index contributed by atoms with van der Waals surface area (Å²) in [6.45, 7) is 1.25. The summed E-state index contributed by atoms with van der Waals surface area (Å²) in [5, 5.41) is 11.3.